The quantitative estimate of drug-likeness (QED) is 0.870. The number of nitrogen functional groups attached to an aromatic ring is 1. The Bertz CT molecular complexity index is 559. The standard InChI is InChI=1S/C14H19N5O/c1-9(2)20-14-12(15)13(17-8-18-14)19-10(3)11-6-4-5-7-16-11/h4-10H,15H2,1-3H3,(H,17,18,19). The fraction of sp³-hybridized carbons (Fsp3) is 0.357. The molecule has 2 heterocycles. The number of nitrogens with two attached hydrogens (primary N) is 1. The zero-order valence-electron chi connectivity index (χ0n) is 11.9. The lowest BCUT2D eigenvalue weighted by atomic mass is 10.2. The maximum atomic E-state index is 6.03. The molecule has 0 amide bonds. The topological polar surface area (TPSA) is 86.0 Å². The molecule has 0 aliphatic carbocycles. The number of nitrogens with zero attached hydrogens (tertiary/aromatic N) is 3. The van der Waals surface area contributed by atoms with Crippen molar-refractivity contribution in [2.75, 3.05) is 11.1 Å². The van der Waals surface area contributed by atoms with Gasteiger partial charge in [0.25, 0.3) is 0 Å². The minimum absolute atomic E-state index is 0.00765. The van der Waals surface area contributed by atoms with Crippen LogP contribution in [0.1, 0.15) is 32.5 Å². The molecule has 1 unspecified atom stereocenters. The molecular weight excluding hydrogens is 254 g/mol. The Kier molecular flexibility index (Phi) is 4.34. The van der Waals surface area contributed by atoms with Gasteiger partial charge in [-0.3, -0.25) is 4.98 Å². The zero-order chi connectivity index (χ0) is 14.5. The summed E-state index contributed by atoms with van der Waals surface area (Å²) in [4.78, 5) is 12.5. The number of aromatic nitrogens is 3. The Morgan fingerprint density at radius 1 is 1.15 bits per heavy atom. The normalized spacial score (nSPS) is 12.2. The first-order valence-corrected chi connectivity index (χ1v) is 6.52. The first-order chi connectivity index (χ1) is 9.58. The Morgan fingerprint density at radius 3 is 2.60 bits per heavy atom. The molecule has 2 aromatic heterocycles. The fourth-order valence-electron chi connectivity index (χ4n) is 1.72. The number of anilines is 2. The average Bonchev–Trinajstić information content (AvgIpc) is 2.43. The van der Waals surface area contributed by atoms with E-state index < -0.39 is 0 Å². The summed E-state index contributed by atoms with van der Waals surface area (Å²) in [6.45, 7) is 5.84. The summed E-state index contributed by atoms with van der Waals surface area (Å²) < 4.78 is 5.54. The Morgan fingerprint density at radius 2 is 1.95 bits per heavy atom. The number of rotatable bonds is 5. The van der Waals surface area contributed by atoms with Gasteiger partial charge in [-0.1, -0.05) is 6.07 Å². The van der Waals surface area contributed by atoms with Gasteiger partial charge in [0.15, 0.2) is 5.82 Å². The van der Waals surface area contributed by atoms with Crippen molar-refractivity contribution in [2.24, 2.45) is 0 Å². The van der Waals surface area contributed by atoms with Gasteiger partial charge in [-0.15, -0.1) is 0 Å². The van der Waals surface area contributed by atoms with Crippen LogP contribution in [0.15, 0.2) is 30.7 Å². The van der Waals surface area contributed by atoms with Crippen molar-refractivity contribution < 1.29 is 4.74 Å². The van der Waals surface area contributed by atoms with Gasteiger partial charge in [-0.25, -0.2) is 4.98 Å². The van der Waals surface area contributed by atoms with Crippen LogP contribution in [-0.4, -0.2) is 21.1 Å². The minimum Gasteiger partial charge on any atom is -0.473 e. The largest absolute Gasteiger partial charge is 0.473 e. The van der Waals surface area contributed by atoms with Crippen LogP contribution in [0.4, 0.5) is 11.5 Å². The lowest BCUT2D eigenvalue weighted by molar-refractivity contribution is 0.234. The summed E-state index contributed by atoms with van der Waals surface area (Å²) in [6, 6.07) is 5.75. The molecule has 6 heteroatoms. The Labute approximate surface area is 118 Å². The fourth-order valence-corrected chi connectivity index (χ4v) is 1.72. The summed E-state index contributed by atoms with van der Waals surface area (Å²) in [5.74, 6) is 0.944. The maximum absolute atomic E-state index is 6.03. The molecule has 0 aliphatic rings. The monoisotopic (exact) mass is 273 g/mol. The molecule has 1 atom stereocenters. The minimum atomic E-state index is -0.0136. The van der Waals surface area contributed by atoms with E-state index >= 15 is 0 Å². The second-order valence-corrected chi connectivity index (χ2v) is 4.73. The van der Waals surface area contributed by atoms with Crippen molar-refractivity contribution in [1.82, 2.24) is 15.0 Å². The highest BCUT2D eigenvalue weighted by atomic mass is 16.5. The van der Waals surface area contributed by atoms with E-state index in [1.807, 2.05) is 39.0 Å². The third-order valence-corrected chi connectivity index (χ3v) is 2.68. The van der Waals surface area contributed by atoms with Crippen LogP contribution >= 0.6 is 0 Å². The van der Waals surface area contributed by atoms with Crippen molar-refractivity contribution in [3.8, 4) is 5.88 Å². The van der Waals surface area contributed by atoms with Gasteiger partial charge in [0.1, 0.15) is 12.0 Å². The predicted molar refractivity (Wildman–Crippen MR) is 78.5 cm³/mol. The van der Waals surface area contributed by atoms with Gasteiger partial charge in [0.2, 0.25) is 5.88 Å². The van der Waals surface area contributed by atoms with E-state index in [-0.39, 0.29) is 12.1 Å². The van der Waals surface area contributed by atoms with E-state index in [0.29, 0.717) is 17.4 Å². The van der Waals surface area contributed by atoms with E-state index in [4.69, 9.17) is 10.5 Å². The molecule has 3 N–H and O–H groups in total. The summed E-state index contributed by atoms with van der Waals surface area (Å²) in [6.07, 6.45) is 3.19. The second-order valence-electron chi connectivity index (χ2n) is 4.73. The molecule has 0 aliphatic heterocycles. The summed E-state index contributed by atoms with van der Waals surface area (Å²) in [5.41, 5.74) is 7.35. The van der Waals surface area contributed by atoms with Crippen molar-refractivity contribution in [3.05, 3.63) is 36.4 Å². The highest BCUT2D eigenvalue weighted by molar-refractivity contribution is 5.66. The molecule has 2 rings (SSSR count). The number of hydrogen-bond donors (Lipinski definition) is 2. The van der Waals surface area contributed by atoms with E-state index in [1.54, 1.807) is 6.20 Å². The highest BCUT2D eigenvalue weighted by Gasteiger charge is 2.14. The van der Waals surface area contributed by atoms with Gasteiger partial charge < -0.3 is 15.8 Å². The van der Waals surface area contributed by atoms with Crippen molar-refractivity contribution in [3.63, 3.8) is 0 Å². The molecule has 20 heavy (non-hydrogen) atoms. The number of hydrogen-bond acceptors (Lipinski definition) is 6. The third-order valence-electron chi connectivity index (χ3n) is 2.68. The molecule has 106 valence electrons. The number of pyridine rings is 1. The van der Waals surface area contributed by atoms with Crippen LogP contribution in [-0.2, 0) is 0 Å². The average molecular weight is 273 g/mol. The summed E-state index contributed by atoms with van der Waals surface area (Å²) >= 11 is 0. The molecule has 0 saturated heterocycles. The first kappa shape index (κ1) is 14.0. The van der Waals surface area contributed by atoms with Gasteiger partial charge >= 0.3 is 0 Å². The molecule has 6 nitrogen and oxygen atoms in total. The molecule has 2 aromatic rings. The van der Waals surface area contributed by atoms with Crippen LogP contribution in [0.25, 0.3) is 0 Å². The smallest absolute Gasteiger partial charge is 0.242 e. The van der Waals surface area contributed by atoms with Crippen molar-refractivity contribution in [1.29, 1.82) is 0 Å². The maximum Gasteiger partial charge on any atom is 0.242 e. The number of nitrogens with one attached hydrogen (secondary N) is 1. The van der Waals surface area contributed by atoms with Crippen LogP contribution in [0.5, 0.6) is 5.88 Å². The molecule has 0 aromatic carbocycles. The second kappa shape index (κ2) is 6.18. The van der Waals surface area contributed by atoms with Crippen LogP contribution in [0.2, 0.25) is 0 Å². The molecule has 0 radical (unpaired) electrons. The van der Waals surface area contributed by atoms with Gasteiger partial charge in [-0.2, -0.15) is 4.98 Å². The lowest BCUT2D eigenvalue weighted by Crippen LogP contribution is -2.14. The van der Waals surface area contributed by atoms with E-state index in [1.165, 1.54) is 6.33 Å². The van der Waals surface area contributed by atoms with Crippen LogP contribution < -0.4 is 15.8 Å². The summed E-state index contributed by atoms with van der Waals surface area (Å²) in [5, 5.41) is 3.22. The van der Waals surface area contributed by atoms with E-state index in [9.17, 15) is 0 Å². The van der Waals surface area contributed by atoms with Crippen LogP contribution in [0, 0.1) is 0 Å². The highest BCUT2D eigenvalue weighted by Crippen LogP contribution is 2.27. The van der Waals surface area contributed by atoms with Crippen LogP contribution in [0.3, 0.4) is 0 Å². The van der Waals surface area contributed by atoms with Gasteiger partial charge in [0, 0.05) is 6.20 Å². The molecule has 0 bridgehead atoms. The lowest BCUT2D eigenvalue weighted by Gasteiger charge is -2.17. The SMILES string of the molecule is CC(C)Oc1ncnc(NC(C)c2ccccn2)c1N. The van der Waals surface area contributed by atoms with Gasteiger partial charge in [0.05, 0.1) is 17.8 Å². The molecule has 0 spiro atoms. The first-order valence-electron chi connectivity index (χ1n) is 6.52. The molecule has 0 fully saturated rings. The Balaban J connectivity index is 2.17. The predicted octanol–water partition coefficient (Wildman–Crippen LogP) is 2.41. The van der Waals surface area contributed by atoms with E-state index in [0.717, 1.165) is 5.69 Å². The summed E-state index contributed by atoms with van der Waals surface area (Å²) in [7, 11) is 0. The third kappa shape index (κ3) is 3.34. The van der Waals surface area contributed by atoms with Crippen molar-refractivity contribution >= 4 is 11.5 Å². The van der Waals surface area contributed by atoms with E-state index in [2.05, 4.69) is 20.3 Å². The molecule has 0 saturated carbocycles. The Hall–Kier alpha value is -2.37. The van der Waals surface area contributed by atoms with Gasteiger partial charge in [-0.05, 0) is 32.9 Å². The zero-order valence-corrected chi connectivity index (χ0v) is 11.9. The number of ether oxygens (including phenoxy) is 1. The van der Waals surface area contributed by atoms with Crippen molar-refractivity contribution in [2.45, 2.75) is 32.9 Å². The molecular formula is C14H19N5O.